The van der Waals surface area contributed by atoms with Crippen LogP contribution in [0.5, 0.6) is 0 Å². The fourth-order valence-corrected chi connectivity index (χ4v) is 4.58. The molecule has 0 fully saturated rings. The largest absolute Gasteiger partial charge is 0.389 e. The highest BCUT2D eigenvalue weighted by molar-refractivity contribution is 7.16. The first-order chi connectivity index (χ1) is 12.0. The molecule has 6 nitrogen and oxygen atoms in total. The zero-order valence-corrected chi connectivity index (χ0v) is 14.2. The number of hydrogen-bond donors (Lipinski definition) is 1. The highest BCUT2D eigenvalue weighted by Gasteiger charge is 2.42. The monoisotopic (exact) mass is 355 g/mol. The number of nitrogens with two attached hydrogens (primary N) is 1. The van der Waals surface area contributed by atoms with Crippen LogP contribution < -0.4 is 5.73 Å². The minimum atomic E-state index is -0.604. The van der Waals surface area contributed by atoms with Crippen molar-refractivity contribution in [2.24, 2.45) is 0 Å². The minimum absolute atomic E-state index is 0.226. The normalized spacial score (nSPS) is 19.4. The maximum atomic E-state index is 13.3. The van der Waals surface area contributed by atoms with Crippen molar-refractivity contribution >= 4 is 16.3 Å². The van der Waals surface area contributed by atoms with Gasteiger partial charge in [-0.3, -0.25) is 0 Å². The summed E-state index contributed by atoms with van der Waals surface area (Å²) in [5, 5.41) is 14.0. The molecule has 8 heteroatoms. The third kappa shape index (κ3) is 2.39. The number of fused-ring (bicyclic) bond motifs is 1. The smallest absolute Gasteiger partial charge is 0.237 e. The molecule has 0 saturated carbocycles. The van der Waals surface area contributed by atoms with E-state index in [1.165, 1.54) is 17.4 Å². The molecule has 0 spiro atoms. The van der Waals surface area contributed by atoms with Crippen LogP contribution >= 0.6 is 11.3 Å². The van der Waals surface area contributed by atoms with Crippen molar-refractivity contribution in [2.75, 3.05) is 5.73 Å². The van der Waals surface area contributed by atoms with Crippen molar-refractivity contribution < 1.29 is 8.91 Å². The van der Waals surface area contributed by atoms with Gasteiger partial charge >= 0.3 is 0 Å². The summed E-state index contributed by atoms with van der Waals surface area (Å²) >= 11 is 1.45. The van der Waals surface area contributed by atoms with E-state index < -0.39 is 11.4 Å². The summed E-state index contributed by atoms with van der Waals surface area (Å²) in [7, 11) is 0. The lowest BCUT2D eigenvalue weighted by Gasteiger charge is -2.30. The molecule has 25 heavy (non-hydrogen) atoms. The van der Waals surface area contributed by atoms with E-state index in [-0.39, 0.29) is 5.82 Å². The second kappa shape index (κ2) is 5.63. The van der Waals surface area contributed by atoms with Gasteiger partial charge in [-0.25, -0.2) is 4.98 Å². The number of aromatic nitrogens is 3. The molecule has 0 aliphatic heterocycles. The Labute approximate surface area is 147 Å². The quantitative estimate of drug-likeness (QED) is 0.707. The molecule has 2 N–H and O–H groups in total. The van der Waals surface area contributed by atoms with E-state index in [1.807, 2.05) is 6.92 Å². The summed E-state index contributed by atoms with van der Waals surface area (Å²) < 4.78 is 18.8. The van der Waals surface area contributed by atoms with Gasteiger partial charge in [-0.1, -0.05) is 11.2 Å². The first kappa shape index (κ1) is 15.7. The molecular formula is C17H14FN5OS. The van der Waals surface area contributed by atoms with E-state index in [0.717, 1.165) is 29.7 Å². The number of rotatable bonds is 2. The fraction of sp³-hybridized carbons (Fsp3) is 0.294. The maximum Gasteiger partial charge on any atom is 0.237 e. The van der Waals surface area contributed by atoms with Crippen LogP contribution in [0.15, 0.2) is 22.7 Å². The third-order valence-corrected chi connectivity index (χ3v) is 5.67. The van der Waals surface area contributed by atoms with Gasteiger partial charge < -0.3 is 10.3 Å². The summed E-state index contributed by atoms with van der Waals surface area (Å²) in [6.07, 6.45) is 2.58. The first-order valence-corrected chi connectivity index (χ1v) is 8.63. The number of aryl methyl sites for hydroxylation is 1. The van der Waals surface area contributed by atoms with E-state index in [4.69, 9.17) is 10.3 Å². The zero-order valence-electron chi connectivity index (χ0n) is 13.4. The van der Waals surface area contributed by atoms with Crippen molar-refractivity contribution in [3.8, 4) is 17.6 Å². The molecule has 0 radical (unpaired) electrons. The lowest BCUT2D eigenvalue weighted by Crippen LogP contribution is -2.29. The third-order valence-electron chi connectivity index (χ3n) is 4.59. The summed E-state index contributed by atoms with van der Waals surface area (Å²) in [4.78, 5) is 9.32. The van der Waals surface area contributed by atoms with Crippen molar-refractivity contribution in [3.05, 3.63) is 46.0 Å². The molecule has 3 aromatic heterocycles. The van der Waals surface area contributed by atoms with Gasteiger partial charge in [0.25, 0.3) is 0 Å². The summed E-state index contributed by atoms with van der Waals surface area (Å²) in [6.45, 7) is 1.98. The van der Waals surface area contributed by atoms with Crippen LogP contribution in [0.1, 0.15) is 41.7 Å². The predicted molar refractivity (Wildman–Crippen MR) is 90.3 cm³/mol. The molecule has 0 unspecified atom stereocenters. The first-order valence-electron chi connectivity index (χ1n) is 7.82. The Hall–Kier alpha value is -2.79. The predicted octanol–water partition coefficient (Wildman–Crippen LogP) is 3.43. The molecule has 0 bridgehead atoms. The highest BCUT2D eigenvalue weighted by atomic mass is 32.1. The Morgan fingerprint density at radius 1 is 1.40 bits per heavy atom. The van der Waals surface area contributed by atoms with E-state index in [9.17, 15) is 9.65 Å². The summed E-state index contributed by atoms with van der Waals surface area (Å²) in [5.41, 5.74) is 7.11. The number of nitrogen functional groups attached to an aromatic ring is 1. The number of hydrogen-bond acceptors (Lipinski definition) is 7. The van der Waals surface area contributed by atoms with E-state index >= 15 is 0 Å². The van der Waals surface area contributed by atoms with E-state index in [2.05, 4.69) is 21.2 Å². The SMILES string of the molecule is C[C@]1(c2nc(-c3cccc(F)n3)no2)CCCc2sc(N)c(C#N)c21. The van der Waals surface area contributed by atoms with Gasteiger partial charge in [-0.2, -0.15) is 14.6 Å². The maximum absolute atomic E-state index is 13.3. The molecule has 0 saturated heterocycles. The second-order valence-corrected chi connectivity index (χ2v) is 7.34. The number of nitriles is 1. The number of nitrogens with zero attached hydrogens (tertiary/aromatic N) is 4. The fourth-order valence-electron chi connectivity index (χ4n) is 3.39. The minimum Gasteiger partial charge on any atom is -0.389 e. The number of halogens is 1. The van der Waals surface area contributed by atoms with Crippen molar-refractivity contribution in [3.63, 3.8) is 0 Å². The standard InChI is InChI=1S/C17H14FN5OS/c1-17(7-3-5-11-13(17)9(8-19)14(20)25-11)16-22-15(23-24-16)10-4-2-6-12(18)21-10/h2,4,6H,3,5,7,20H2,1H3/t17-/m0/s1. The van der Waals surface area contributed by atoms with Gasteiger partial charge in [0.1, 0.15) is 16.8 Å². The number of anilines is 1. The lowest BCUT2D eigenvalue weighted by molar-refractivity contribution is 0.300. The van der Waals surface area contributed by atoms with Gasteiger partial charge in [0.05, 0.1) is 11.0 Å². The van der Waals surface area contributed by atoms with Crippen LogP contribution in [0.4, 0.5) is 9.39 Å². The van der Waals surface area contributed by atoms with E-state index in [0.29, 0.717) is 22.1 Å². The Bertz CT molecular complexity index is 1000. The molecule has 3 heterocycles. The Balaban J connectivity index is 1.83. The number of thiophene rings is 1. The van der Waals surface area contributed by atoms with Gasteiger partial charge in [0, 0.05) is 10.4 Å². The second-order valence-electron chi connectivity index (χ2n) is 6.21. The summed E-state index contributed by atoms with van der Waals surface area (Å²) in [5.74, 6) is 0.0146. The van der Waals surface area contributed by atoms with Crippen LogP contribution in [0.2, 0.25) is 0 Å². The molecular weight excluding hydrogens is 341 g/mol. The van der Waals surface area contributed by atoms with Crippen LogP contribution in [0.3, 0.4) is 0 Å². The van der Waals surface area contributed by atoms with Crippen molar-refractivity contribution in [1.82, 2.24) is 15.1 Å². The summed E-state index contributed by atoms with van der Waals surface area (Å²) in [6, 6.07) is 6.63. The van der Waals surface area contributed by atoms with Crippen LogP contribution in [-0.4, -0.2) is 15.1 Å². The average molecular weight is 355 g/mol. The molecule has 1 atom stereocenters. The Kier molecular flexibility index (Phi) is 3.54. The number of pyridine rings is 1. The molecule has 1 aliphatic rings. The lowest BCUT2D eigenvalue weighted by atomic mass is 9.72. The zero-order chi connectivity index (χ0) is 17.6. The van der Waals surface area contributed by atoms with Crippen molar-refractivity contribution in [1.29, 1.82) is 5.26 Å². The van der Waals surface area contributed by atoms with Crippen LogP contribution in [0, 0.1) is 17.3 Å². The molecule has 4 rings (SSSR count). The van der Waals surface area contributed by atoms with Crippen LogP contribution in [0.25, 0.3) is 11.5 Å². The molecule has 1 aliphatic carbocycles. The van der Waals surface area contributed by atoms with E-state index in [1.54, 1.807) is 12.1 Å². The molecule has 0 aromatic carbocycles. The molecule has 126 valence electrons. The van der Waals surface area contributed by atoms with Crippen molar-refractivity contribution in [2.45, 2.75) is 31.6 Å². The van der Waals surface area contributed by atoms with Crippen LogP contribution in [-0.2, 0) is 11.8 Å². The average Bonchev–Trinajstić information content (AvgIpc) is 3.20. The Morgan fingerprint density at radius 3 is 3.00 bits per heavy atom. The molecule has 0 amide bonds. The van der Waals surface area contributed by atoms with Gasteiger partial charge in [-0.05, 0) is 38.3 Å². The van der Waals surface area contributed by atoms with Gasteiger partial charge in [-0.15, -0.1) is 11.3 Å². The molecule has 3 aromatic rings. The highest BCUT2D eigenvalue weighted by Crippen LogP contribution is 2.48. The van der Waals surface area contributed by atoms with Gasteiger partial charge in [0.15, 0.2) is 0 Å². The topological polar surface area (TPSA) is 102 Å². The Morgan fingerprint density at radius 2 is 2.24 bits per heavy atom. The van der Waals surface area contributed by atoms with Gasteiger partial charge in [0.2, 0.25) is 17.7 Å².